The molecule has 0 radical (unpaired) electrons. The van der Waals surface area contributed by atoms with E-state index in [2.05, 4.69) is 0 Å². The Morgan fingerprint density at radius 1 is 0.714 bits per heavy atom. The molecule has 1 aliphatic rings. The first kappa shape index (κ1) is 24.1. The van der Waals surface area contributed by atoms with Crippen LogP contribution in [0.15, 0.2) is 91.0 Å². The number of hydrogen-bond donors (Lipinski definition) is 1. The van der Waals surface area contributed by atoms with Crippen molar-refractivity contribution in [1.82, 2.24) is 0 Å². The highest BCUT2D eigenvalue weighted by Gasteiger charge is 2.44. The monoisotopic (exact) mass is 476 g/mol. The molecule has 1 aliphatic heterocycles. The Balaban J connectivity index is 1.53. The van der Waals surface area contributed by atoms with Crippen molar-refractivity contribution in [3.63, 3.8) is 0 Å². The maximum absolute atomic E-state index is 12.8. The summed E-state index contributed by atoms with van der Waals surface area (Å²) >= 11 is 0. The van der Waals surface area contributed by atoms with Crippen LogP contribution in [0.5, 0.6) is 0 Å². The highest BCUT2D eigenvalue weighted by atomic mass is 16.7. The number of aliphatic hydroxyl groups is 1. The van der Waals surface area contributed by atoms with Crippen LogP contribution in [0.2, 0.25) is 0 Å². The van der Waals surface area contributed by atoms with Crippen LogP contribution >= 0.6 is 0 Å². The van der Waals surface area contributed by atoms with Crippen LogP contribution in [0.3, 0.4) is 0 Å². The van der Waals surface area contributed by atoms with E-state index in [1.807, 2.05) is 0 Å². The molecule has 4 atom stereocenters. The Hall–Kier alpha value is -4.01. The molecule has 0 unspecified atom stereocenters. The third-order valence-electron chi connectivity index (χ3n) is 5.41. The topological polar surface area (TPSA) is 108 Å². The molecule has 0 bridgehead atoms. The first-order valence-electron chi connectivity index (χ1n) is 11.1. The highest BCUT2D eigenvalue weighted by molar-refractivity contribution is 5.90. The highest BCUT2D eigenvalue weighted by Crippen LogP contribution is 2.27. The first-order chi connectivity index (χ1) is 17.0. The van der Waals surface area contributed by atoms with Crippen molar-refractivity contribution in [2.24, 2.45) is 0 Å². The Labute approximate surface area is 202 Å². The van der Waals surface area contributed by atoms with Gasteiger partial charge in [-0.05, 0) is 36.4 Å². The summed E-state index contributed by atoms with van der Waals surface area (Å²) in [5.74, 6) is -1.93. The maximum atomic E-state index is 12.8. The number of carbonyl (C=O) groups excluding carboxylic acids is 3. The summed E-state index contributed by atoms with van der Waals surface area (Å²) < 4.78 is 22.2. The fraction of sp³-hybridized carbons (Fsp3) is 0.222. The van der Waals surface area contributed by atoms with Crippen molar-refractivity contribution >= 4 is 17.9 Å². The van der Waals surface area contributed by atoms with Gasteiger partial charge in [-0.3, -0.25) is 0 Å². The fourth-order valence-electron chi connectivity index (χ4n) is 3.67. The van der Waals surface area contributed by atoms with E-state index in [-0.39, 0.29) is 18.6 Å². The van der Waals surface area contributed by atoms with Gasteiger partial charge in [0.25, 0.3) is 0 Å². The molecule has 1 saturated heterocycles. The van der Waals surface area contributed by atoms with E-state index in [9.17, 15) is 19.5 Å². The van der Waals surface area contributed by atoms with Crippen LogP contribution in [0.25, 0.3) is 0 Å². The number of carbonyl (C=O) groups is 3. The molecular weight excluding hydrogens is 452 g/mol. The van der Waals surface area contributed by atoms with E-state index in [4.69, 9.17) is 18.9 Å². The van der Waals surface area contributed by atoms with Crippen LogP contribution in [-0.2, 0) is 18.9 Å². The van der Waals surface area contributed by atoms with Gasteiger partial charge in [-0.15, -0.1) is 0 Å². The van der Waals surface area contributed by atoms with E-state index in [0.717, 1.165) is 0 Å². The minimum Gasteiger partial charge on any atom is -0.459 e. The third kappa shape index (κ3) is 6.32. The number of ether oxygens (including phenoxy) is 4. The fourth-order valence-corrected chi connectivity index (χ4v) is 3.67. The Morgan fingerprint density at radius 3 is 1.69 bits per heavy atom. The molecule has 3 aromatic carbocycles. The van der Waals surface area contributed by atoms with Gasteiger partial charge in [-0.1, -0.05) is 54.6 Å². The molecule has 1 N–H and O–H groups in total. The van der Waals surface area contributed by atoms with Gasteiger partial charge in [0.1, 0.15) is 18.8 Å². The molecule has 35 heavy (non-hydrogen) atoms. The zero-order chi connectivity index (χ0) is 24.6. The molecule has 0 amide bonds. The third-order valence-corrected chi connectivity index (χ3v) is 5.41. The molecule has 1 fully saturated rings. The number of aliphatic hydroxyl groups excluding tert-OH is 1. The standard InChI is InChI=1S/C27H24O8/c28-23-16-21(34-26(30)19-12-6-2-7-13-19)24(35-27(31)20-14-8-3-9-15-20)22(33-23)17-32-25(29)18-10-4-1-5-11-18/h1-15,21-24,28H,16-17H2/t21-,22-,23+,24-/m1/s1. The van der Waals surface area contributed by atoms with Gasteiger partial charge < -0.3 is 24.1 Å². The van der Waals surface area contributed by atoms with E-state index >= 15 is 0 Å². The van der Waals surface area contributed by atoms with Gasteiger partial charge in [0, 0.05) is 6.42 Å². The average molecular weight is 476 g/mol. The second-order valence-electron chi connectivity index (χ2n) is 7.88. The van der Waals surface area contributed by atoms with E-state index in [0.29, 0.717) is 11.1 Å². The van der Waals surface area contributed by atoms with Crippen molar-refractivity contribution in [2.45, 2.75) is 31.0 Å². The van der Waals surface area contributed by atoms with Crippen LogP contribution in [0, 0.1) is 0 Å². The van der Waals surface area contributed by atoms with Gasteiger partial charge in [-0.2, -0.15) is 0 Å². The van der Waals surface area contributed by atoms with Crippen molar-refractivity contribution in [3.8, 4) is 0 Å². The van der Waals surface area contributed by atoms with Crippen molar-refractivity contribution in [1.29, 1.82) is 0 Å². The second kappa shape index (κ2) is 11.4. The SMILES string of the molecule is O=C(OC[C@H]1O[C@H](O)C[C@@H](OC(=O)c2ccccc2)[C@H]1OC(=O)c1ccccc1)c1ccccc1. The summed E-state index contributed by atoms with van der Waals surface area (Å²) in [6, 6.07) is 24.9. The number of esters is 3. The lowest BCUT2D eigenvalue weighted by Crippen LogP contribution is -2.54. The van der Waals surface area contributed by atoms with Crippen LogP contribution in [0.4, 0.5) is 0 Å². The molecule has 0 saturated carbocycles. The minimum absolute atomic E-state index is 0.131. The predicted octanol–water partition coefficient (Wildman–Crippen LogP) is 3.40. The zero-order valence-electron chi connectivity index (χ0n) is 18.7. The quantitative estimate of drug-likeness (QED) is 0.408. The summed E-state index contributed by atoms with van der Waals surface area (Å²) in [4.78, 5) is 38.0. The van der Waals surface area contributed by atoms with E-state index < -0.39 is 42.5 Å². The Kier molecular flexibility index (Phi) is 7.87. The molecule has 0 aromatic heterocycles. The van der Waals surface area contributed by atoms with Gasteiger partial charge in [-0.25, -0.2) is 14.4 Å². The van der Waals surface area contributed by atoms with Crippen LogP contribution in [0.1, 0.15) is 37.5 Å². The lowest BCUT2D eigenvalue weighted by molar-refractivity contribution is -0.239. The summed E-state index contributed by atoms with van der Waals surface area (Å²) in [5.41, 5.74) is 0.911. The summed E-state index contributed by atoms with van der Waals surface area (Å²) in [6.07, 6.45) is -4.71. The molecule has 3 aromatic rings. The number of benzene rings is 3. The van der Waals surface area contributed by atoms with Crippen molar-refractivity contribution in [3.05, 3.63) is 108 Å². The molecule has 1 heterocycles. The average Bonchev–Trinajstić information content (AvgIpc) is 2.90. The van der Waals surface area contributed by atoms with Crippen molar-refractivity contribution in [2.75, 3.05) is 6.61 Å². The molecular formula is C27H24O8. The van der Waals surface area contributed by atoms with Gasteiger partial charge in [0.05, 0.1) is 16.7 Å². The summed E-state index contributed by atoms with van der Waals surface area (Å²) in [5, 5.41) is 10.3. The first-order valence-corrected chi connectivity index (χ1v) is 11.1. The predicted molar refractivity (Wildman–Crippen MR) is 124 cm³/mol. The van der Waals surface area contributed by atoms with Crippen LogP contribution in [-0.4, -0.2) is 54.2 Å². The van der Waals surface area contributed by atoms with Gasteiger partial charge in [0.15, 0.2) is 12.4 Å². The van der Waals surface area contributed by atoms with Gasteiger partial charge in [0.2, 0.25) is 0 Å². The second-order valence-corrected chi connectivity index (χ2v) is 7.88. The molecule has 8 nitrogen and oxygen atoms in total. The van der Waals surface area contributed by atoms with E-state index in [1.54, 1.807) is 91.0 Å². The molecule has 180 valence electrons. The molecule has 8 heteroatoms. The maximum Gasteiger partial charge on any atom is 0.338 e. The van der Waals surface area contributed by atoms with E-state index in [1.165, 1.54) is 0 Å². The lowest BCUT2D eigenvalue weighted by Gasteiger charge is -2.38. The van der Waals surface area contributed by atoms with Crippen LogP contribution < -0.4 is 0 Å². The molecule has 0 spiro atoms. The van der Waals surface area contributed by atoms with Crippen molar-refractivity contribution < 1.29 is 38.4 Å². The summed E-state index contributed by atoms with van der Waals surface area (Å²) in [7, 11) is 0. The Morgan fingerprint density at radius 2 is 1.17 bits per heavy atom. The zero-order valence-corrected chi connectivity index (χ0v) is 18.7. The Bertz CT molecular complexity index is 1130. The van der Waals surface area contributed by atoms with Gasteiger partial charge >= 0.3 is 17.9 Å². The number of hydrogen-bond acceptors (Lipinski definition) is 8. The molecule has 0 aliphatic carbocycles. The molecule has 4 rings (SSSR count). The largest absolute Gasteiger partial charge is 0.459 e. The number of rotatable bonds is 7. The lowest BCUT2D eigenvalue weighted by atomic mass is 10.0. The summed E-state index contributed by atoms with van der Waals surface area (Å²) in [6.45, 7) is -0.336. The smallest absolute Gasteiger partial charge is 0.338 e. The normalized spacial score (nSPS) is 21.5. The minimum atomic E-state index is -1.32.